The number of esters is 1. The van der Waals surface area contributed by atoms with Gasteiger partial charge in [-0.3, -0.25) is 19.4 Å². The third-order valence-electron chi connectivity index (χ3n) is 9.63. The summed E-state index contributed by atoms with van der Waals surface area (Å²) >= 11 is 0. The highest BCUT2D eigenvalue weighted by Crippen LogP contribution is 2.31. The molecule has 0 N–H and O–H groups in total. The Bertz CT molecular complexity index is 2030. The fourth-order valence-corrected chi connectivity index (χ4v) is 6.93. The SMILES string of the molecule is COC(=O)[C@@H]1C[C@H](Oc2cccc(-c3ccccc3CCN(CCCN3C(=O)c4ccccc4C3=O)C(=O)OC(C)(C)C)c2)CN1C(=O)OCc1ccccc1. The number of ether oxygens (including phenoxy) is 4. The lowest BCUT2D eigenvalue weighted by atomic mass is 9.97. The Labute approximate surface area is 326 Å². The smallest absolute Gasteiger partial charge is 0.410 e. The van der Waals surface area contributed by atoms with Crippen molar-refractivity contribution in [2.24, 2.45) is 0 Å². The second-order valence-corrected chi connectivity index (χ2v) is 14.8. The highest BCUT2D eigenvalue weighted by atomic mass is 16.6. The van der Waals surface area contributed by atoms with Crippen molar-refractivity contribution in [2.45, 2.75) is 64.4 Å². The minimum atomic E-state index is -0.849. The van der Waals surface area contributed by atoms with E-state index in [1.165, 1.54) is 16.9 Å². The lowest BCUT2D eigenvalue weighted by molar-refractivity contribution is -0.145. The van der Waals surface area contributed by atoms with Crippen LogP contribution in [0.15, 0.2) is 103 Å². The summed E-state index contributed by atoms with van der Waals surface area (Å²) in [5, 5.41) is 0. The minimum Gasteiger partial charge on any atom is -0.488 e. The van der Waals surface area contributed by atoms with Crippen molar-refractivity contribution in [3.8, 4) is 16.9 Å². The maximum atomic E-state index is 13.4. The highest BCUT2D eigenvalue weighted by Gasteiger charge is 2.42. The van der Waals surface area contributed by atoms with Crippen molar-refractivity contribution in [3.05, 3.63) is 125 Å². The summed E-state index contributed by atoms with van der Waals surface area (Å²) in [5.74, 6) is -0.637. The largest absolute Gasteiger partial charge is 0.488 e. The molecule has 1 saturated heterocycles. The summed E-state index contributed by atoms with van der Waals surface area (Å²) in [6, 6.07) is 30.7. The predicted octanol–water partition coefficient (Wildman–Crippen LogP) is 7.15. The van der Waals surface area contributed by atoms with E-state index in [1.54, 1.807) is 29.2 Å². The van der Waals surface area contributed by atoms with Crippen LogP contribution in [-0.2, 0) is 32.0 Å². The van der Waals surface area contributed by atoms with Crippen LogP contribution < -0.4 is 4.74 Å². The van der Waals surface area contributed by atoms with Crippen LogP contribution in [0.3, 0.4) is 0 Å². The molecule has 0 saturated carbocycles. The number of hydrogen-bond acceptors (Lipinski definition) is 9. The van der Waals surface area contributed by atoms with Crippen molar-refractivity contribution in [2.75, 3.05) is 33.3 Å². The maximum Gasteiger partial charge on any atom is 0.410 e. The summed E-state index contributed by atoms with van der Waals surface area (Å²) in [6.07, 6.45) is -0.476. The topological polar surface area (TPSA) is 132 Å². The molecule has 4 amide bonds. The van der Waals surface area contributed by atoms with Gasteiger partial charge in [-0.25, -0.2) is 14.4 Å². The van der Waals surface area contributed by atoms with Crippen molar-refractivity contribution >= 4 is 30.0 Å². The van der Waals surface area contributed by atoms with Crippen molar-refractivity contribution in [3.63, 3.8) is 0 Å². The molecule has 4 aromatic rings. The van der Waals surface area contributed by atoms with Gasteiger partial charge in [-0.2, -0.15) is 0 Å². The Morgan fingerprint density at radius 2 is 1.46 bits per heavy atom. The Balaban J connectivity index is 1.11. The highest BCUT2D eigenvalue weighted by molar-refractivity contribution is 6.21. The molecule has 12 nitrogen and oxygen atoms in total. The van der Waals surface area contributed by atoms with E-state index in [-0.39, 0.29) is 44.5 Å². The first-order valence-corrected chi connectivity index (χ1v) is 18.7. The number of fused-ring (bicyclic) bond motifs is 1. The molecular weight excluding hydrogens is 714 g/mol. The van der Waals surface area contributed by atoms with Crippen LogP contribution in [0.1, 0.15) is 65.5 Å². The van der Waals surface area contributed by atoms with E-state index in [9.17, 15) is 24.0 Å². The average molecular weight is 762 g/mol. The molecule has 2 aliphatic rings. The van der Waals surface area contributed by atoms with Crippen LogP contribution in [0.4, 0.5) is 9.59 Å². The average Bonchev–Trinajstić information content (AvgIpc) is 3.72. The molecule has 4 aromatic carbocycles. The van der Waals surface area contributed by atoms with Crippen molar-refractivity contribution in [1.82, 2.24) is 14.7 Å². The monoisotopic (exact) mass is 761 g/mol. The van der Waals surface area contributed by atoms with Gasteiger partial charge in [-0.1, -0.05) is 78.9 Å². The summed E-state index contributed by atoms with van der Waals surface area (Å²) in [7, 11) is 1.29. The molecule has 2 heterocycles. The number of methoxy groups -OCH3 is 1. The number of amides is 4. The zero-order valence-electron chi connectivity index (χ0n) is 32.1. The first kappa shape index (κ1) is 39.5. The van der Waals surface area contributed by atoms with Crippen LogP contribution in [-0.4, -0.2) is 95.7 Å². The van der Waals surface area contributed by atoms with E-state index in [2.05, 4.69) is 0 Å². The van der Waals surface area contributed by atoms with Gasteiger partial charge >= 0.3 is 18.2 Å². The standard InChI is InChI=1S/C44H47N3O9/c1-44(2,3)56-42(51)45(23-13-24-46-39(48)36-20-10-11-21-37(36)40(46)49)25-22-31-16-8-9-19-35(31)32-17-12-18-33(26-32)55-34-27-38(41(50)53-4)47(28-34)43(52)54-29-30-14-6-5-7-15-30/h5-12,14-21,26,34,38H,13,22-25,27-29H2,1-4H3/t34-,38-/m0/s1. The lowest BCUT2D eigenvalue weighted by Gasteiger charge is -2.28. The molecule has 0 bridgehead atoms. The molecule has 0 unspecified atom stereocenters. The van der Waals surface area contributed by atoms with Gasteiger partial charge in [0.05, 0.1) is 24.8 Å². The Morgan fingerprint density at radius 1 is 0.804 bits per heavy atom. The van der Waals surface area contributed by atoms with E-state index in [0.717, 1.165) is 22.3 Å². The van der Waals surface area contributed by atoms with Gasteiger partial charge in [0.15, 0.2) is 0 Å². The number of imide groups is 1. The molecule has 0 radical (unpaired) electrons. The zero-order chi connectivity index (χ0) is 39.8. The number of hydrogen-bond donors (Lipinski definition) is 0. The molecule has 292 valence electrons. The van der Waals surface area contributed by atoms with Gasteiger partial charge in [-0.15, -0.1) is 0 Å². The Kier molecular flexibility index (Phi) is 12.4. The van der Waals surface area contributed by atoms with E-state index >= 15 is 0 Å². The number of carbonyl (C=O) groups is 5. The Hall–Kier alpha value is -6.17. The molecule has 56 heavy (non-hydrogen) atoms. The molecule has 2 atom stereocenters. The summed E-state index contributed by atoms with van der Waals surface area (Å²) in [6.45, 7) is 6.41. The van der Waals surface area contributed by atoms with Crippen LogP contribution in [0, 0.1) is 0 Å². The minimum absolute atomic E-state index is 0.0719. The molecule has 2 aliphatic heterocycles. The molecule has 0 spiro atoms. The third kappa shape index (κ3) is 9.55. The summed E-state index contributed by atoms with van der Waals surface area (Å²) < 4.78 is 22.6. The van der Waals surface area contributed by atoms with E-state index in [0.29, 0.717) is 36.3 Å². The second kappa shape index (κ2) is 17.5. The normalized spacial score (nSPS) is 16.4. The molecule has 0 aliphatic carbocycles. The van der Waals surface area contributed by atoms with Gasteiger partial charge < -0.3 is 23.8 Å². The number of likely N-dealkylation sites (tertiary alicyclic amines) is 1. The van der Waals surface area contributed by atoms with E-state index in [1.807, 2.05) is 99.6 Å². The zero-order valence-corrected chi connectivity index (χ0v) is 32.1. The fraction of sp³-hybridized carbons (Fsp3) is 0.341. The molecule has 1 fully saturated rings. The third-order valence-corrected chi connectivity index (χ3v) is 9.63. The fourth-order valence-electron chi connectivity index (χ4n) is 6.93. The number of nitrogens with zero attached hydrogens (tertiary/aromatic N) is 3. The number of rotatable bonds is 13. The van der Waals surface area contributed by atoms with Crippen LogP contribution in [0.5, 0.6) is 5.75 Å². The summed E-state index contributed by atoms with van der Waals surface area (Å²) in [4.78, 5) is 69.3. The summed E-state index contributed by atoms with van der Waals surface area (Å²) in [5.41, 5.74) is 3.71. The van der Waals surface area contributed by atoms with Crippen LogP contribution >= 0.6 is 0 Å². The predicted molar refractivity (Wildman–Crippen MR) is 208 cm³/mol. The van der Waals surface area contributed by atoms with E-state index < -0.39 is 35.9 Å². The lowest BCUT2D eigenvalue weighted by Crippen LogP contribution is -2.41. The van der Waals surface area contributed by atoms with Crippen LogP contribution in [0.2, 0.25) is 0 Å². The molecule has 6 rings (SSSR count). The number of carbonyl (C=O) groups excluding carboxylic acids is 5. The number of benzene rings is 4. The van der Waals surface area contributed by atoms with Crippen molar-refractivity contribution < 1.29 is 42.9 Å². The van der Waals surface area contributed by atoms with Gasteiger partial charge in [0.2, 0.25) is 0 Å². The van der Waals surface area contributed by atoms with Crippen LogP contribution in [0.25, 0.3) is 11.1 Å². The van der Waals surface area contributed by atoms with Crippen molar-refractivity contribution in [1.29, 1.82) is 0 Å². The molecule has 0 aromatic heterocycles. The first-order chi connectivity index (χ1) is 26.9. The molecule has 12 heteroatoms. The van der Waals surface area contributed by atoms with Gasteiger partial charge in [-0.05, 0) is 80.1 Å². The van der Waals surface area contributed by atoms with Gasteiger partial charge in [0.1, 0.15) is 30.1 Å². The van der Waals surface area contributed by atoms with E-state index in [4.69, 9.17) is 18.9 Å². The quantitative estimate of drug-likeness (QED) is 0.0792. The van der Waals surface area contributed by atoms with Gasteiger partial charge in [0.25, 0.3) is 11.8 Å². The maximum absolute atomic E-state index is 13.4. The first-order valence-electron chi connectivity index (χ1n) is 18.7. The second-order valence-electron chi connectivity index (χ2n) is 14.8. The molecular formula is C44H47N3O9. The van der Waals surface area contributed by atoms with Gasteiger partial charge in [0, 0.05) is 26.1 Å². The Morgan fingerprint density at radius 3 is 2.14 bits per heavy atom.